The zero-order valence-electron chi connectivity index (χ0n) is 11.8. The Morgan fingerprint density at radius 3 is 2.57 bits per heavy atom. The van der Waals surface area contributed by atoms with Gasteiger partial charge in [-0.15, -0.1) is 0 Å². The number of hydrazine groups is 1. The summed E-state index contributed by atoms with van der Waals surface area (Å²) in [6.45, 7) is 2.24. The quantitative estimate of drug-likeness (QED) is 0.380. The molecule has 8 heteroatoms. The first-order valence-electron chi connectivity index (χ1n) is 6.52. The van der Waals surface area contributed by atoms with E-state index in [9.17, 15) is 4.79 Å². The topological polar surface area (TPSA) is 148 Å². The van der Waals surface area contributed by atoms with Crippen LogP contribution >= 0.6 is 0 Å². The highest BCUT2D eigenvalue weighted by Crippen LogP contribution is 2.17. The number of rotatable bonds is 4. The molecule has 0 bridgehead atoms. The van der Waals surface area contributed by atoms with Gasteiger partial charge in [-0.1, -0.05) is 30.3 Å². The molecule has 2 rings (SSSR count). The highest BCUT2D eigenvalue weighted by atomic mass is 16.2. The average Bonchev–Trinajstić information content (AvgIpc) is 2.45. The first-order valence-corrected chi connectivity index (χ1v) is 6.52. The summed E-state index contributed by atoms with van der Waals surface area (Å²) in [5.74, 6) is -0.410. The zero-order chi connectivity index (χ0) is 15.6. The van der Waals surface area contributed by atoms with Crippen molar-refractivity contribution in [2.45, 2.75) is 18.8 Å². The number of carbonyl (C=O) groups is 1. The molecule has 0 saturated heterocycles. The molecule has 1 heterocycles. The van der Waals surface area contributed by atoms with Gasteiger partial charge >= 0.3 is 0 Å². The lowest BCUT2D eigenvalue weighted by atomic mass is 9.93. The minimum absolute atomic E-state index is 0.0788. The summed E-state index contributed by atoms with van der Waals surface area (Å²) in [7, 11) is 0. The van der Waals surface area contributed by atoms with Gasteiger partial charge in [0.1, 0.15) is 11.5 Å². The molecule has 1 aromatic carbocycles. The molecule has 1 aromatic rings. The number of hydrogen-bond acceptors (Lipinski definition) is 7. The molecule has 0 radical (unpaired) electrons. The Morgan fingerprint density at radius 2 is 1.95 bits per heavy atom. The van der Waals surface area contributed by atoms with Crippen LogP contribution in [0.25, 0.3) is 0 Å². The van der Waals surface area contributed by atoms with Gasteiger partial charge in [0.2, 0.25) is 0 Å². The molecule has 0 spiro atoms. The molecule has 0 saturated carbocycles. The van der Waals surface area contributed by atoms with E-state index >= 15 is 0 Å². The second-order valence-electron chi connectivity index (χ2n) is 5.21. The van der Waals surface area contributed by atoms with Crippen molar-refractivity contribution in [3.05, 3.63) is 47.4 Å². The Bertz CT molecular complexity index is 555. The Labute approximate surface area is 123 Å². The van der Waals surface area contributed by atoms with Crippen molar-refractivity contribution < 1.29 is 4.79 Å². The number of amides is 1. The molecule has 114 valence electrons. The summed E-state index contributed by atoms with van der Waals surface area (Å²) in [5.41, 5.74) is 26.8. The molecule has 1 aliphatic rings. The van der Waals surface area contributed by atoms with Gasteiger partial charge in [-0.05, 0) is 12.5 Å². The lowest BCUT2D eigenvalue weighted by Gasteiger charge is -2.38. The third kappa shape index (κ3) is 3.07. The van der Waals surface area contributed by atoms with E-state index in [1.165, 1.54) is 5.01 Å². The Hall–Kier alpha value is -2.29. The van der Waals surface area contributed by atoms with Crippen molar-refractivity contribution in [3.8, 4) is 0 Å². The molecule has 1 amide bonds. The standard InChI is InChI=1S/C13H21N7O/c1-13(17,8-5-3-2-4-6-8)7-18-20-10(15)9(14)11(21)19-12(20)16/h2-6,12,18H,7,14-17H2,1H3,(H,19,21). The third-order valence-corrected chi connectivity index (χ3v) is 3.39. The molecule has 1 aliphatic heterocycles. The maximum atomic E-state index is 11.4. The van der Waals surface area contributed by atoms with Crippen LogP contribution in [0.5, 0.6) is 0 Å². The van der Waals surface area contributed by atoms with E-state index < -0.39 is 17.7 Å². The minimum Gasteiger partial charge on any atom is -0.391 e. The van der Waals surface area contributed by atoms with Crippen molar-refractivity contribution in [2.75, 3.05) is 6.54 Å². The van der Waals surface area contributed by atoms with Gasteiger partial charge < -0.3 is 22.5 Å². The second-order valence-corrected chi connectivity index (χ2v) is 5.21. The Morgan fingerprint density at radius 1 is 1.33 bits per heavy atom. The van der Waals surface area contributed by atoms with Crippen LogP contribution in [0.15, 0.2) is 41.8 Å². The fourth-order valence-electron chi connectivity index (χ4n) is 2.03. The summed E-state index contributed by atoms with van der Waals surface area (Å²) in [6, 6.07) is 9.63. The van der Waals surface area contributed by atoms with Crippen molar-refractivity contribution in [1.29, 1.82) is 0 Å². The third-order valence-electron chi connectivity index (χ3n) is 3.39. The molecule has 2 unspecified atom stereocenters. The number of nitrogens with zero attached hydrogens (tertiary/aromatic N) is 1. The van der Waals surface area contributed by atoms with E-state index in [1.807, 2.05) is 37.3 Å². The van der Waals surface area contributed by atoms with Crippen molar-refractivity contribution in [3.63, 3.8) is 0 Å². The lowest BCUT2D eigenvalue weighted by molar-refractivity contribution is -0.121. The second kappa shape index (κ2) is 5.60. The molecule has 0 fully saturated rings. The van der Waals surface area contributed by atoms with Crippen LogP contribution in [0, 0.1) is 0 Å². The number of nitrogens with two attached hydrogens (primary N) is 4. The summed E-state index contributed by atoms with van der Waals surface area (Å²) < 4.78 is 0. The highest BCUT2D eigenvalue weighted by molar-refractivity contribution is 5.93. The molecule has 10 N–H and O–H groups in total. The average molecular weight is 291 g/mol. The number of carbonyl (C=O) groups excluding carboxylic acids is 1. The molecule has 0 aliphatic carbocycles. The SMILES string of the molecule is CC(N)(CNN1C(N)=C(N)C(=O)NC1N)c1ccccc1. The van der Waals surface area contributed by atoms with Crippen LogP contribution in [0.4, 0.5) is 0 Å². The minimum atomic E-state index is -0.809. The smallest absolute Gasteiger partial charge is 0.273 e. The molecular weight excluding hydrogens is 270 g/mol. The van der Waals surface area contributed by atoms with Gasteiger partial charge in [0.25, 0.3) is 5.91 Å². The van der Waals surface area contributed by atoms with Crippen LogP contribution in [0.1, 0.15) is 12.5 Å². The zero-order valence-corrected chi connectivity index (χ0v) is 11.8. The highest BCUT2D eigenvalue weighted by Gasteiger charge is 2.30. The van der Waals surface area contributed by atoms with E-state index in [4.69, 9.17) is 22.9 Å². The maximum absolute atomic E-state index is 11.4. The normalized spacial score (nSPS) is 22.0. The monoisotopic (exact) mass is 291 g/mol. The van der Waals surface area contributed by atoms with E-state index in [1.54, 1.807) is 0 Å². The predicted octanol–water partition coefficient (Wildman–Crippen LogP) is -1.87. The van der Waals surface area contributed by atoms with E-state index in [2.05, 4.69) is 10.7 Å². The summed E-state index contributed by atoms with van der Waals surface area (Å²) >= 11 is 0. The molecule has 21 heavy (non-hydrogen) atoms. The van der Waals surface area contributed by atoms with Gasteiger partial charge in [-0.25, -0.2) is 5.43 Å². The number of hydrogen-bond donors (Lipinski definition) is 6. The lowest BCUT2D eigenvalue weighted by Crippen LogP contribution is -2.65. The van der Waals surface area contributed by atoms with Gasteiger partial charge in [0.15, 0.2) is 6.29 Å². The first-order chi connectivity index (χ1) is 9.83. The summed E-state index contributed by atoms with van der Waals surface area (Å²) in [5, 5.41) is 3.88. The first kappa shape index (κ1) is 15.1. The molecule has 8 nitrogen and oxygen atoms in total. The Balaban J connectivity index is 2.10. The van der Waals surface area contributed by atoms with E-state index in [0.717, 1.165) is 5.56 Å². The van der Waals surface area contributed by atoms with Gasteiger partial charge in [-0.2, -0.15) is 0 Å². The van der Waals surface area contributed by atoms with Crippen LogP contribution in [0.3, 0.4) is 0 Å². The molecule has 0 aromatic heterocycles. The van der Waals surface area contributed by atoms with Crippen LogP contribution in [0.2, 0.25) is 0 Å². The van der Waals surface area contributed by atoms with Crippen LogP contribution in [-0.4, -0.2) is 23.8 Å². The largest absolute Gasteiger partial charge is 0.391 e. The maximum Gasteiger partial charge on any atom is 0.273 e. The van der Waals surface area contributed by atoms with Crippen LogP contribution < -0.4 is 33.7 Å². The van der Waals surface area contributed by atoms with Gasteiger partial charge in [0, 0.05) is 6.54 Å². The van der Waals surface area contributed by atoms with Crippen molar-refractivity contribution in [1.82, 2.24) is 15.8 Å². The molecule has 2 atom stereocenters. The fourth-order valence-corrected chi connectivity index (χ4v) is 2.03. The predicted molar refractivity (Wildman–Crippen MR) is 79.3 cm³/mol. The Kier molecular flexibility index (Phi) is 4.03. The fraction of sp³-hybridized carbons (Fsp3) is 0.308. The van der Waals surface area contributed by atoms with Gasteiger partial charge in [-0.3, -0.25) is 15.5 Å². The number of nitrogens with one attached hydrogen (secondary N) is 2. The van der Waals surface area contributed by atoms with Crippen molar-refractivity contribution in [2.24, 2.45) is 22.9 Å². The summed E-state index contributed by atoms with van der Waals surface area (Å²) in [6.07, 6.45) is -0.809. The number of benzene rings is 1. The van der Waals surface area contributed by atoms with E-state index in [0.29, 0.717) is 6.54 Å². The van der Waals surface area contributed by atoms with Crippen molar-refractivity contribution >= 4 is 5.91 Å². The van der Waals surface area contributed by atoms with Crippen LogP contribution in [-0.2, 0) is 10.3 Å². The van der Waals surface area contributed by atoms with E-state index in [-0.39, 0.29) is 11.5 Å². The summed E-state index contributed by atoms with van der Waals surface area (Å²) in [4.78, 5) is 11.4. The molecular formula is C13H21N7O. The van der Waals surface area contributed by atoms with Gasteiger partial charge in [0.05, 0.1) is 5.54 Å².